The van der Waals surface area contributed by atoms with Crippen LogP contribution in [0.3, 0.4) is 0 Å². The van der Waals surface area contributed by atoms with Crippen molar-refractivity contribution in [1.82, 2.24) is 9.88 Å². The molecule has 2 amide bonds. The van der Waals surface area contributed by atoms with Crippen LogP contribution in [0.5, 0.6) is 0 Å². The third-order valence-corrected chi connectivity index (χ3v) is 7.31. The Hall–Kier alpha value is -3.16. The molecular weight excluding hydrogens is 422 g/mol. The summed E-state index contributed by atoms with van der Waals surface area (Å²) in [4.78, 5) is 30.7. The molecule has 32 heavy (non-hydrogen) atoms. The highest BCUT2D eigenvalue weighted by Crippen LogP contribution is 2.38. The Balaban J connectivity index is 1.27. The molecule has 2 aromatic heterocycles. The average Bonchev–Trinajstić information content (AvgIpc) is 3.41. The number of primary amides is 1. The highest BCUT2D eigenvalue weighted by atomic mass is 32.1. The van der Waals surface area contributed by atoms with Gasteiger partial charge in [-0.3, -0.25) is 9.59 Å². The van der Waals surface area contributed by atoms with Crippen molar-refractivity contribution in [3.05, 3.63) is 70.7 Å². The van der Waals surface area contributed by atoms with Gasteiger partial charge in [0, 0.05) is 40.3 Å². The van der Waals surface area contributed by atoms with Crippen molar-refractivity contribution in [3.63, 3.8) is 0 Å². The van der Waals surface area contributed by atoms with Gasteiger partial charge in [-0.1, -0.05) is 36.4 Å². The van der Waals surface area contributed by atoms with Crippen LogP contribution in [0.4, 0.5) is 0 Å². The first-order valence-electron chi connectivity index (χ1n) is 10.9. The fourth-order valence-electron chi connectivity index (χ4n) is 4.55. The number of nitrogens with two attached hydrogens (primary N) is 1. The van der Waals surface area contributed by atoms with Crippen LogP contribution in [0, 0.1) is 0 Å². The summed E-state index contributed by atoms with van der Waals surface area (Å²) in [6.07, 6.45) is 3.81. The van der Waals surface area contributed by atoms with Gasteiger partial charge in [-0.15, -0.1) is 11.3 Å². The average molecular weight is 448 g/mol. The fourth-order valence-corrected chi connectivity index (χ4v) is 5.65. The van der Waals surface area contributed by atoms with Crippen molar-refractivity contribution in [2.75, 3.05) is 19.7 Å². The van der Waals surface area contributed by atoms with E-state index in [1.807, 2.05) is 47.5 Å². The molecule has 5 rings (SSSR count). The molecule has 1 aliphatic rings. The van der Waals surface area contributed by atoms with E-state index in [0.717, 1.165) is 34.0 Å². The molecule has 0 aliphatic carbocycles. The van der Waals surface area contributed by atoms with Crippen LogP contribution < -0.4 is 5.73 Å². The number of thiophene rings is 1. The minimum absolute atomic E-state index is 0.123. The molecule has 7 heteroatoms. The van der Waals surface area contributed by atoms with Gasteiger partial charge in [-0.25, -0.2) is 0 Å². The summed E-state index contributed by atoms with van der Waals surface area (Å²) >= 11 is 1.39. The minimum atomic E-state index is -0.452. The maximum Gasteiger partial charge on any atom is 0.259 e. The predicted molar refractivity (Wildman–Crippen MR) is 127 cm³/mol. The lowest BCUT2D eigenvalue weighted by Gasteiger charge is -2.33. The lowest BCUT2D eigenvalue weighted by atomic mass is 10.0. The number of nitrogens with zero attached hydrogens (tertiary/aromatic N) is 1. The summed E-state index contributed by atoms with van der Waals surface area (Å²) in [6, 6.07) is 16.1. The molecule has 6 nitrogen and oxygen atoms in total. The molecule has 0 spiro atoms. The number of hydrogen-bond acceptors (Lipinski definition) is 4. The topological polar surface area (TPSA) is 88.4 Å². The van der Waals surface area contributed by atoms with E-state index >= 15 is 0 Å². The molecule has 0 saturated carbocycles. The van der Waals surface area contributed by atoms with E-state index in [0.29, 0.717) is 31.0 Å². The van der Waals surface area contributed by atoms with Gasteiger partial charge < -0.3 is 20.4 Å². The Labute approximate surface area is 190 Å². The molecule has 1 fully saturated rings. The van der Waals surface area contributed by atoms with Crippen molar-refractivity contribution in [2.24, 2.45) is 5.73 Å². The third kappa shape index (κ3) is 3.89. The van der Waals surface area contributed by atoms with Gasteiger partial charge in [-0.05, 0) is 35.9 Å². The zero-order chi connectivity index (χ0) is 22.1. The van der Waals surface area contributed by atoms with Gasteiger partial charge in [0.15, 0.2) is 0 Å². The SMILES string of the molecule is NC(=O)c1sc2ccccc2c1C1CN(C(=O)CCCc2c[nH]c3ccccc23)CCO1. The fraction of sp³-hybridized carbons (Fsp3) is 0.280. The molecule has 1 saturated heterocycles. The number of rotatable bonds is 6. The number of aromatic amines is 1. The Kier molecular flexibility index (Phi) is 5.68. The summed E-state index contributed by atoms with van der Waals surface area (Å²) in [7, 11) is 0. The molecule has 3 N–H and O–H groups in total. The van der Waals surface area contributed by atoms with E-state index in [1.165, 1.54) is 22.3 Å². The van der Waals surface area contributed by atoms with Gasteiger partial charge in [0.1, 0.15) is 6.10 Å². The van der Waals surface area contributed by atoms with Gasteiger partial charge in [0.05, 0.1) is 18.0 Å². The summed E-state index contributed by atoms with van der Waals surface area (Å²) in [5.41, 5.74) is 8.84. The van der Waals surface area contributed by atoms with Crippen molar-refractivity contribution >= 4 is 44.1 Å². The van der Waals surface area contributed by atoms with Gasteiger partial charge in [0.2, 0.25) is 5.91 Å². The van der Waals surface area contributed by atoms with E-state index in [9.17, 15) is 9.59 Å². The van der Waals surface area contributed by atoms with Crippen LogP contribution in [0.1, 0.15) is 39.7 Å². The van der Waals surface area contributed by atoms with Crippen molar-refractivity contribution < 1.29 is 14.3 Å². The zero-order valence-corrected chi connectivity index (χ0v) is 18.5. The molecule has 3 heterocycles. The summed E-state index contributed by atoms with van der Waals surface area (Å²) in [5, 5.41) is 2.19. The smallest absolute Gasteiger partial charge is 0.259 e. The van der Waals surface area contributed by atoms with Crippen molar-refractivity contribution in [1.29, 1.82) is 0 Å². The third-order valence-electron chi connectivity index (χ3n) is 6.11. The number of aromatic nitrogens is 1. The Morgan fingerprint density at radius 3 is 2.75 bits per heavy atom. The lowest BCUT2D eigenvalue weighted by Crippen LogP contribution is -2.42. The number of fused-ring (bicyclic) bond motifs is 2. The molecule has 0 radical (unpaired) electrons. The minimum Gasteiger partial charge on any atom is -0.370 e. The van der Waals surface area contributed by atoms with E-state index in [1.54, 1.807) is 0 Å². The summed E-state index contributed by atoms with van der Waals surface area (Å²) in [5.74, 6) is -0.328. The molecule has 164 valence electrons. The van der Waals surface area contributed by atoms with Crippen LogP contribution in [0.2, 0.25) is 0 Å². The maximum atomic E-state index is 13.0. The predicted octanol–water partition coefficient (Wildman–Crippen LogP) is 4.40. The molecule has 4 aromatic rings. The number of amides is 2. The maximum absolute atomic E-state index is 13.0. The molecule has 1 unspecified atom stereocenters. The molecule has 0 bridgehead atoms. The first-order chi connectivity index (χ1) is 15.6. The Morgan fingerprint density at radius 2 is 1.91 bits per heavy atom. The number of carbonyl (C=O) groups is 2. The van der Waals surface area contributed by atoms with Crippen molar-refractivity contribution in [3.8, 4) is 0 Å². The highest BCUT2D eigenvalue weighted by Gasteiger charge is 2.30. The zero-order valence-electron chi connectivity index (χ0n) is 17.7. The molecule has 2 aromatic carbocycles. The van der Waals surface area contributed by atoms with Crippen molar-refractivity contribution in [2.45, 2.75) is 25.4 Å². The largest absolute Gasteiger partial charge is 0.370 e. The van der Waals surface area contributed by atoms with E-state index in [2.05, 4.69) is 17.1 Å². The Morgan fingerprint density at radius 1 is 1.12 bits per heavy atom. The number of nitrogens with one attached hydrogen (secondary N) is 1. The first kappa shape index (κ1) is 20.7. The monoisotopic (exact) mass is 447 g/mol. The number of H-pyrrole nitrogens is 1. The second-order valence-corrected chi connectivity index (χ2v) is 9.17. The van der Waals surface area contributed by atoms with Gasteiger partial charge in [-0.2, -0.15) is 0 Å². The van der Waals surface area contributed by atoms with Gasteiger partial charge in [0.25, 0.3) is 5.91 Å². The second kappa shape index (κ2) is 8.76. The summed E-state index contributed by atoms with van der Waals surface area (Å²) < 4.78 is 7.02. The summed E-state index contributed by atoms with van der Waals surface area (Å²) in [6.45, 7) is 1.45. The molecule has 1 atom stereocenters. The van der Waals surface area contributed by atoms with Crippen LogP contribution in [0.25, 0.3) is 21.0 Å². The molecule has 1 aliphatic heterocycles. The number of benzene rings is 2. The number of aryl methyl sites for hydroxylation is 1. The Bertz CT molecular complexity index is 1290. The normalized spacial score (nSPS) is 16.6. The van der Waals surface area contributed by atoms with Gasteiger partial charge >= 0.3 is 0 Å². The highest BCUT2D eigenvalue weighted by molar-refractivity contribution is 7.21. The first-order valence-corrected chi connectivity index (χ1v) is 11.7. The second-order valence-electron chi connectivity index (χ2n) is 8.12. The van der Waals surface area contributed by atoms with Crippen LogP contribution in [-0.2, 0) is 16.0 Å². The quantitative estimate of drug-likeness (QED) is 0.459. The van der Waals surface area contributed by atoms with E-state index < -0.39 is 5.91 Å². The number of ether oxygens (including phenoxy) is 1. The van der Waals surface area contributed by atoms with Crippen LogP contribution in [0.15, 0.2) is 54.7 Å². The van der Waals surface area contributed by atoms with Crippen LogP contribution in [-0.4, -0.2) is 41.4 Å². The number of carbonyl (C=O) groups excluding carboxylic acids is 2. The van der Waals surface area contributed by atoms with Crippen LogP contribution >= 0.6 is 11.3 Å². The van der Waals surface area contributed by atoms with E-state index in [-0.39, 0.29) is 12.0 Å². The standard InChI is InChI=1S/C25H25N3O3S/c26-25(30)24-23(18-8-2-4-10-21(18)32-24)20-15-28(12-13-31-20)22(29)11-5-6-16-14-27-19-9-3-1-7-17(16)19/h1-4,7-10,14,20,27H,5-6,11-13,15H2,(H2,26,30). The molecular formula is C25H25N3O3S. The number of hydrogen-bond donors (Lipinski definition) is 2. The number of para-hydroxylation sites is 1. The van der Waals surface area contributed by atoms with E-state index in [4.69, 9.17) is 10.5 Å². The lowest BCUT2D eigenvalue weighted by molar-refractivity contribution is -0.139. The number of morpholine rings is 1.